The van der Waals surface area contributed by atoms with Crippen LogP contribution in [0.15, 0.2) is 26.5 Å². The zero-order valence-corrected chi connectivity index (χ0v) is 20.4. The minimum Gasteiger partial charge on any atom is -0.493 e. The van der Waals surface area contributed by atoms with E-state index in [1.165, 1.54) is 18.9 Å². The molecule has 164 valence electrons. The fourth-order valence-corrected chi connectivity index (χ4v) is 4.33. The van der Waals surface area contributed by atoms with E-state index in [1.807, 2.05) is 27.7 Å². The van der Waals surface area contributed by atoms with Gasteiger partial charge in [0, 0.05) is 16.6 Å². The Kier molecular flexibility index (Phi) is 8.78. The first-order chi connectivity index (χ1) is 14.2. The highest BCUT2D eigenvalue weighted by molar-refractivity contribution is 9.10. The second kappa shape index (κ2) is 10.9. The van der Waals surface area contributed by atoms with Crippen LogP contribution in [0.5, 0.6) is 11.5 Å². The Labute approximate surface area is 190 Å². The average molecular weight is 499 g/mol. The van der Waals surface area contributed by atoms with Crippen molar-refractivity contribution in [3.8, 4) is 11.5 Å². The number of methoxy groups -OCH3 is 1. The Bertz CT molecular complexity index is 867. The van der Waals surface area contributed by atoms with Crippen molar-refractivity contribution in [3.05, 3.63) is 27.1 Å². The summed E-state index contributed by atoms with van der Waals surface area (Å²) < 4.78 is 16.5. The highest BCUT2D eigenvalue weighted by atomic mass is 79.9. The van der Waals surface area contributed by atoms with E-state index < -0.39 is 5.97 Å². The molecule has 0 radical (unpaired) electrons. The van der Waals surface area contributed by atoms with E-state index in [4.69, 9.17) is 14.2 Å². The molecule has 0 spiro atoms. The van der Waals surface area contributed by atoms with Gasteiger partial charge >= 0.3 is 5.97 Å². The molecule has 0 saturated carbocycles. The van der Waals surface area contributed by atoms with Crippen LogP contribution in [-0.2, 0) is 14.3 Å². The minimum absolute atomic E-state index is 0.00466. The van der Waals surface area contributed by atoms with Crippen LogP contribution in [-0.4, -0.2) is 54.4 Å². The Balaban J connectivity index is 2.34. The van der Waals surface area contributed by atoms with Gasteiger partial charge in [-0.15, -0.1) is 0 Å². The Morgan fingerprint density at radius 3 is 2.53 bits per heavy atom. The quantitative estimate of drug-likeness (QED) is 0.388. The number of amides is 1. The maximum Gasteiger partial charge on any atom is 0.344 e. The molecule has 1 fully saturated rings. The van der Waals surface area contributed by atoms with Gasteiger partial charge in [-0.1, -0.05) is 15.9 Å². The molecule has 7 nitrogen and oxygen atoms in total. The van der Waals surface area contributed by atoms with Crippen LogP contribution >= 0.6 is 27.7 Å². The van der Waals surface area contributed by atoms with Crippen LogP contribution in [0.3, 0.4) is 0 Å². The van der Waals surface area contributed by atoms with Gasteiger partial charge in [0.25, 0.3) is 5.91 Å². The van der Waals surface area contributed by atoms with Gasteiger partial charge in [0.05, 0.1) is 18.6 Å². The normalized spacial score (nSPS) is 16.8. The standard InChI is InChI=1S/C21H27BrN2O5S/c1-7-28-19(25)11-29-17-10-15(22)14(8-16(17)27-6)9-18-20(26)24(13(4)5)21(30-18)23-12(2)3/h8-10,12-13H,7,11H2,1-6H3/b18-9+,23-21?. The summed E-state index contributed by atoms with van der Waals surface area (Å²) in [6.07, 6.45) is 1.80. The molecule has 1 saturated heterocycles. The molecule has 0 aliphatic carbocycles. The van der Waals surface area contributed by atoms with Crippen molar-refractivity contribution < 1.29 is 23.8 Å². The lowest BCUT2D eigenvalue weighted by atomic mass is 10.1. The van der Waals surface area contributed by atoms with Gasteiger partial charge in [0.2, 0.25) is 0 Å². The van der Waals surface area contributed by atoms with Gasteiger partial charge in [-0.3, -0.25) is 14.7 Å². The summed E-state index contributed by atoms with van der Waals surface area (Å²) in [4.78, 5) is 31.4. The highest BCUT2D eigenvalue weighted by Crippen LogP contribution is 2.38. The fraction of sp³-hybridized carbons (Fsp3) is 0.476. The maximum atomic E-state index is 12.9. The average Bonchev–Trinajstić information content (AvgIpc) is 2.96. The molecule has 0 aromatic heterocycles. The number of rotatable bonds is 8. The number of halogens is 1. The van der Waals surface area contributed by atoms with Crippen molar-refractivity contribution >= 4 is 50.8 Å². The van der Waals surface area contributed by atoms with Crippen LogP contribution in [0.1, 0.15) is 40.2 Å². The van der Waals surface area contributed by atoms with Crippen molar-refractivity contribution in [2.75, 3.05) is 20.3 Å². The van der Waals surface area contributed by atoms with E-state index in [2.05, 4.69) is 20.9 Å². The van der Waals surface area contributed by atoms with Gasteiger partial charge in [-0.2, -0.15) is 0 Å². The number of nitrogens with zero attached hydrogens (tertiary/aromatic N) is 2. The van der Waals surface area contributed by atoms with Gasteiger partial charge in [0.15, 0.2) is 23.3 Å². The molecule has 1 aromatic carbocycles. The molecule has 1 aliphatic rings. The molecule has 2 rings (SSSR count). The molecule has 9 heteroatoms. The summed E-state index contributed by atoms with van der Waals surface area (Å²) in [5.41, 5.74) is 0.751. The number of carbonyl (C=O) groups is 2. The molecule has 1 aliphatic heterocycles. The SMILES string of the molecule is CCOC(=O)COc1cc(Br)c(/C=C2/SC(=NC(C)C)N(C(C)C)C2=O)cc1OC. The largest absolute Gasteiger partial charge is 0.493 e. The summed E-state index contributed by atoms with van der Waals surface area (Å²) in [6.45, 7) is 9.69. The third-order valence-corrected chi connectivity index (χ3v) is 5.63. The number of aliphatic imine (C=N–C) groups is 1. The van der Waals surface area contributed by atoms with Crippen molar-refractivity contribution in [1.29, 1.82) is 0 Å². The molecule has 0 unspecified atom stereocenters. The first kappa shape index (κ1) is 24.3. The van der Waals surface area contributed by atoms with Crippen LogP contribution in [0.2, 0.25) is 0 Å². The lowest BCUT2D eigenvalue weighted by Gasteiger charge is -2.20. The first-order valence-electron chi connectivity index (χ1n) is 9.64. The monoisotopic (exact) mass is 498 g/mol. The van der Waals surface area contributed by atoms with Gasteiger partial charge in [0.1, 0.15) is 0 Å². The number of thioether (sulfide) groups is 1. The number of esters is 1. The van der Waals surface area contributed by atoms with Crippen molar-refractivity contribution in [1.82, 2.24) is 4.90 Å². The maximum absolute atomic E-state index is 12.9. The molecule has 1 aromatic rings. The van der Waals surface area contributed by atoms with E-state index in [9.17, 15) is 9.59 Å². The predicted molar refractivity (Wildman–Crippen MR) is 123 cm³/mol. The lowest BCUT2D eigenvalue weighted by Crippen LogP contribution is -2.35. The van der Waals surface area contributed by atoms with E-state index in [-0.39, 0.29) is 31.2 Å². The van der Waals surface area contributed by atoms with Crippen LogP contribution < -0.4 is 9.47 Å². The summed E-state index contributed by atoms with van der Waals surface area (Å²) >= 11 is 4.87. The zero-order chi connectivity index (χ0) is 22.4. The molecule has 1 heterocycles. The molecule has 1 amide bonds. The minimum atomic E-state index is -0.458. The molecule has 0 N–H and O–H groups in total. The number of amidine groups is 1. The van der Waals surface area contributed by atoms with Crippen molar-refractivity contribution in [2.45, 2.75) is 46.7 Å². The topological polar surface area (TPSA) is 77.4 Å². The van der Waals surface area contributed by atoms with E-state index in [1.54, 1.807) is 30.0 Å². The third-order valence-electron chi connectivity index (χ3n) is 3.94. The van der Waals surface area contributed by atoms with Gasteiger partial charge in [-0.25, -0.2) is 4.79 Å². The van der Waals surface area contributed by atoms with E-state index in [0.717, 1.165) is 5.56 Å². The zero-order valence-electron chi connectivity index (χ0n) is 18.0. The third kappa shape index (κ3) is 6.01. The number of benzene rings is 1. The second-order valence-corrected chi connectivity index (χ2v) is 8.87. The predicted octanol–water partition coefficient (Wildman–Crippen LogP) is 4.49. The van der Waals surface area contributed by atoms with Crippen LogP contribution in [0.25, 0.3) is 6.08 Å². The number of ether oxygens (including phenoxy) is 3. The summed E-state index contributed by atoms with van der Waals surface area (Å²) in [5.74, 6) is 0.306. The summed E-state index contributed by atoms with van der Waals surface area (Å²) in [7, 11) is 1.51. The smallest absolute Gasteiger partial charge is 0.344 e. The number of hydrogen-bond acceptors (Lipinski definition) is 7. The lowest BCUT2D eigenvalue weighted by molar-refractivity contribution is -0.145. The van der Waals surface area contributed by atoms with E-state index in [0.29, 0.717) is 26.0 Å². The van der Waals surface area contributed by atoms with Gasteiger partial charge in [-0.05, 0) is 70.2 Å². The Morgan fingerprint density at radius 2 is 1.97 bits per heavy atom. The summed E-state index contributed by atoms with van der Waals surface area (Å²) in [6, 6.07) is 3.55. The number of carbonyl (C=O) groups excluding carboxylic acids is 2. The molecular weight excluding hydrogens is 472 g/mol. The van der Waals surface area contributed by atoms with Crippen molar-refractivity contribution in [2.24, 2.45) is 4.99 Å². The molecule has 0 atom stereocenters. The van der Waals surface area contributed by atoms with Crippen molar-refractivity contribution in [3.63, 3.8) is 0 Å². The highest BCUT2D eigenvalue weighted by Gasteiger charge is 2.35. The van der Waals surface area contributed by atoms with E-state index >= 15 is 0 Å². The second-order valence-electron chi connectivity index (χ2n) is 7.00. The molecular formula is C21H27BrN2O5S. The number of hydrogen-bond donors (Lipinski definition) is 0. The Hall–Kier alpha value is -2.00. The Morgan fingerprint density at radius 1 is 1.27 bits per heavy atom. The summed E-state index contributed by atoms with van der Waals surface area (Å²) in [5, 5.41) is 0.703. The first-order valence-corrected chi connectivity index (χ1v) is 11.3. The van der Waals surface area contributed by atoms with Crippen LogP contribution in [0, 0.1) is 0 Å². The fourth-order valence-electron chi connectivity index (χ4n) is 2.67. The molecule has 0 bridgehead atoms. The van der Waals surface area contributed by atoms with Crippen LogP contribution in [0.4, 0.5) is 0 Å². The molecule has 30 heavy (non-hydrogen) atoms. The van der Waals surface area contributed by atoms with Gasteiger partial charge < -0.3 is 14.2 Å².